The van der Waals surface area contributed by atoms with Crippen LogP contribution in [0.4, 0.5) is 0 Å². The molecule has 2 nitrogen and oxygen atoms in total. The molecule has 0 aliphatic rings. The lowest BCUT2D eigenvalue weighted by Gasteiger charge is -2.33. The Kier molecular flexibility index (Phi) is 5.01. The third-order valence-corrected chi connectivity index (χ3v) is 3.49. The van der Waals surface area contributed by atoms with Crippen molar-refractivity contribution in [1.82, 2.24) is 0 Å². The summed E-state index contributed by atoms with van der Waals surface area (Å²) in [6, 6.07) is 8.13. The summed E-state index contributed by atoms with van der Waals surface area (Å²) in [6.45, 7) is 14.7. The lowest BCUT2D eigenvalue weighted by molar-refractivity contribution is -0.122. The smallest absolute Gasteiger partial charge is 0.169 e. The van der Waals surface area contributed by atoms with Crippen LogP contribution in [0.1, 0.15) is 60.5 Å². The Balaban J connectivity index is 2.83. The van der Waals surface area contributed by atoms with E-state index in [1.54, 1.807) is 13.8 Å². The van der Waals surface area contributed by atoms with Gasteiger partial charge < -0.3 is 4.74 Å². The molecule has 1 rings (SSSR count). The second-order valence-corrected chi connectivity index (χ2v) is 7.52. The van der Waals surface area contributed by atoms with Crippen molar-refractivity contribution in [1.29, 1.82) is 0 Å². The Hall–Kier alpha value is -1.31. The second-order valence-electron chi connectivity index (χ2n) is 7.52. The zero-order valence-corrected chi connectivity index (χ0v) is 13.9. The molecule has 0 saturated heterocycles. The van der Waals surface area contributed by atoms with Gasteiger partial charge in [-0.25, -0.2) is 0 Å². The van der Waals surface area contributed by atoms with Crippen LogP contribution >= 0.6 is 0 Å². The summed E-state index contributed by atoms with van der Waals surface area (Å²) in [5, 5.41) is 0. The topological polar surface area (TPSA) is 26.3 Å². The quantitative estimate of drug-likeness (QED) is 0.775. The molecule has 0 amide bonds. The van der Waals surface area contributed by atoms with Crippen molar-refractivity contribution in [2.45, 2.75) is 66.4 Å². The van der Waals surface area contributed by atoms with E-state index in [1.807, 2.05) is 12.1 Å². The van der Waals surface area contributed by atoms with Crippen LogP contribution in [-0.2, 0) is 10.2 Å². The molecule has 0 heterocycles. The number of rotatable bonds is 5. The van der Waals surface area contributed by atoms with E-state index in [0.717, 1.165) is 12.2 Å². The van der Waals surface area contributed by atoms with Crippen molar-refractivity contribution in [3.63, 3.8) is 0 Å². The average molecular weight is 276 g/mol. The van der Waals surface area contributed by atoms with E-state index in [-0.39, 0.29) is 17.3 Å². The summed E-state index contributed by atoms with van der Waals surface area (Å²) >= 11 is 0. The number of hydrogen-bond acceptors (Lipinski definition) is 2. The Morgan fingerprint density at radius 3 is 2.00 bits per heavy atom. The predicted octanol–water partition coefficient (Wildman–Crippen LogP) is 4.76. The SMILES string of the molecule is CC(=O)C(C)Oc1ccc(C(C)(C)CC(C)(C)C)cc1. The molecule has 0 fully saturated rings. The predicted molar refractivity (Wildman–Crippen MR) is 84.3 cm³/mol. The number of hydrogen-bond donors (Lipinski definition) is 0. The van der Waals surface area contributed by atoms with Gasteiger partial charge in [0.1, 0.15) is 5.75 Å². The monoisotopic (exact) mass is 276 g/mol. The van der Waals surface area contributed by atoms with Crippen LogP contribution in [-0.4, -0.2) is 11.9 Å². The molecule has 0 aliphatic heterocycles. The van der Waals surface area contributed by atoms with E-state index in [9.17, 15) is 4.79 Å². The fourth-order valence-corrected chi connectivity index (χ4v) is 2.70. The lowest BCUT2D eigenvalue weighted by atomic mass is 9.72. The molecule has 0 bridgehead atoms. The minimum absolute atomic E-state index is 0.0436. The van der Waals surface area contributed by atoms with Gasteiger partial charge in [0, 0.05) is 0 Å². The third kappa shape index (κ3) is 4.99. The van der Waals surface area contributed by atoms with Crippen LogP contribution < -0.4 is 4.74 Å². The summed E-state index contributed by atoms with van der Waals surface area (Å²) in [6.07, 6.45) is 0.729. The molecule has 1 aromatic carbocycles. The van der Waals surface area contributed by atoms with Crippen molar-refractivity contribution >= 4 is 5.78 Å². The molecule has 1 aromatic rings. The van der Waals surface area contributed by atoms with Gasteiger partial charge in [0.25, 0.3) is 0 Å². The van der Waals surface area contributed by atoms with E-state index < -0.39 is 0 Å². The summed E-state index contributed by atoms with van der Waals surface area (Å²) < 4.78 is 5.59. The van der Waals surface area contributed by atoms with Gasteiger partial charge in [0.15, 0.2) is 11.9 Å². The summed E-state index contributed by atoms with van der Waals surface area (Å²) in [4.78, 5) is 11.2. The van der Waals surface area contributed by atoms with Gasteiger partial charge in [0.05, 0.1) is 0 Å². The highest BCUT2D eigenvalue weighted by Gasteiger charge is 2.27. The molecule has 0 aromatic heterocycles. The summed E-state index contributed by atoms with van der Waals surface area (Å²) in [5.41, 5.74) is 1.72. The Morgan fingerprint density at radius 1 is 1.10 bits per heavy atom. The van der Waals surface area contributed by atoms with Gasteiger partial charge >= 0.3 is 0 Å². The summed E-state index contributed by atoms with van der Waals surface area (Å²) in [5.74, 6) is 0.796. The van der Waals surface area contributed by atoms with Crippen LogP contribution in [0.2, 0.25) is 0 Å². The molecule has 2 heteroatoms. The zero-order chi connectivity index (χ0) is 15.6. The van der Waals surface area contributed by atoms with Crippen molar-refractivity contribution in [3.05, 3.63) is 29.8 Å². The number of ether oxygens (including phenoxy) is 1. The molecule has 0 spiro atoms. The largest absolute Gasteiger partial charge is 0.483 e. The molecular formula is C18H28O2. The Labute approximate surface area is 123 Å². The van der Waals surface area contributed by atoms with Crippen molar-refractivity contribution < 1.29 is 9.53 Å². The average Bonchev–Trinajstić information content (AvgIpc) is 2.26. The number of benzene rings is 1. The van der Waals surface area contributed by atoms with Crippen molar-refractivity contribution in [3.8, 4) is 5.75 Å². The zero-order valence-electron chi connectivity index (χ0n) is 13.9. The molecule has 20 heavy (non-hydrogen) atoms. The number of Topliss-reactive ketones (excluding diaryl/α,β-unsaturated/α-hetero) is 1. The molecule has 0 saturated carbocycles. The molecule has 1 atom stereocenters. The maximum absolute atomic E-state index is 11.2. The standard InChI is InChI=1S/C18H28O2/c1-13(19)14(2)20-16-10-8-15(9-11-16)18(6,7)12-17(3,4)5/h8-11,14H,12H2,1-7H3. The van der Waals surface area contributed by atoms with Gasteiger partial charge in [-0.15, -0.1) is 0 Å². The van der Waals surface area contributed by atoms with Crippen LogP contribution in [0.25, 0.3) is 0 Å². The van der Waals surface area contributed by atoms with E-state index >= 15 is 0 Å². The van der Waals surface area contributed by atoms with E-state index in [1.165, 1.54) is 5.56 Å². The fraction of sp³-hybridized carbons (Fsp3) is 0.611. The molecule has 1 unspecified atom stereocenters. The Morgan fingerprint density at radius 2 is 1.60 bits per heavy atom. The third-order valence-electron chi connectivity index (χ3n) is 3.49. The van der Waals surface area contributed by atoms with Crippen LogP contribution in [0.15, 0.2) is 24.3 Å². The van der Waals surface area contributed by atoms with Crippen LogP contribution in [0, 0.1) is 5.41 Å². The van der Waals surface area contributed by atoms with Crippen molar-refractivity contribution in [2.24, 2.45) is 5.41 Å². The van der Waals surface area contributed by atoms with Gasteiger partial charge in [-0.1, -0.05) is 46.8 Å². The molecule has 0 N–H and O–H groups in total. The number of carbonyl (C=O) groups is 1. The minimum Gasteiger partial charge on any atom is -0.483 e. The van der Waals surface area contributed by atoms with Crippen LogP contribution in [0.5, 0.6) is 5.75 Å². The lowest BCUT2D eigenvalue weighted by Crippen LogP contribution is -2.25. The first-order valence-corrected chi connectivity index (χ1v) is 7.29. The van der Waals surface area contributed by atoms with Gasteiger partial charge in [-0.2, -0.15) is 0 Å². The second kappa shape index (κ2) is 5.99. The van der Waals surface area contributed by atoms with Gasteiger partial charge in [0.2, 0.25) is 0 Å². The summed E-state index contributed by atoms with van der Waals surface area (Å²) in [7, 11) is 0. The van der Waals surface area contributed by atoms with Crippen molar-refractivity contribution in [2.75, 3.05) is 0 Å². The highest BCUT2D eigenvalue weighted by molar-refractivity contribution is 5.80. The fourth-order valence-electron chi connectivity index (χ4n) is 2.70. The first kappa shape index (κ1) is 16.7. The molecular weight excluding hydrogens is 248 g/mol. The van der Waals surface area contributed by atoms with E-state index in [0.29, 0.717) is 5.41 Å². The maximum atomic E-state index is 11.2. The maximum Gasteiger partial charge on any atom is 0.169 e. The number of ketones is 1. The van der Waals surface area contributed by atoms with E-state index in [4.69, 9.17) is 4.74 Å². The highest BCUT2D eigenvalue weighted by atomic mass is 16.5. The number of carbonyl (C=O) groups excluding carboxylic acids is 1. The first-order chi connectivity index (χ1) is 9.01. The van der Waals surface area contributed by atoms with Gasteiger partial charge in [-0.3, -0.25) is 4.79 Å². The Bertz CT molecular complexity index is 449. The molecule has 112 valence electrons. The first-order valence-electron chi connectivity index (χ1n) is 7.29. The van der Waals surface area contributed by atoms with Crippen LogP contribution in [0.3, 0.4) is 0 Å². The van der Waals surface area contributed by atoms with Gasteiger partial charge in [-0.05, 0) is 48.8 Å². The normalized spacial score (nSPS) is 13.9. The molecule has 0 radical (unpaired) electrons. The molecule has 0 aliphatic carbocycles. The minimum atomic E-state index is -0.386. The van der Waals surface area contributed by atoms with E-state index in [2.05, 4.69) is 46.8 Å². The highest BCUT2D eigenvalue weighted by Crippen LogP contribution is 2.36.